The van der Waals surface area contributed by atoms with E-state index >= 15 is 0 Å². The summed E-state index contributed by atoms with van der Waals surface area (Å²) in [5.74, 6) is -0.931. The van der Waals surface area contributed by atoms with Crippen LogP contribution in [-0.4, -0.2) is 64.5 Å². The molecule has 4 nitrogen and oxygen atoms in total. The molecule has 1 rings (SSSR count). The van der Waals surface area contributed by atoms with Crippen LogP contribution in [0.3, 0.4) is 0 Å². The van der Waals surface area contributed by atoms with E-state index < -0.39 is 11.3 Å². The Balaban J connectivity index is 2.35. The highest BCUT2D eigenvalue weighted by Gasteiger charge is 2.27. The summed E-state index contributed by atoms with van der Waals surface area (Å²) in [5.41, 5.74) is 0.194. The Kier molecular flexibility index (Phi) is 4.59. The van der Waals surface area contributed by atoms with Crippen LogP contribution < -0.4 is 0 Å². The highest BCUT2D eigenvalue weighted by molar-refractivity contribution is 6.29. The van der Waals surface area contributed by atoms with Gasteiger partial charge in [0.25, 0.3) is 0 Å². The Morgan fingerprint density at radius 3 is 2.19 bits per heavy atom. The van der Waals surface area contributed by atoms with Crippen molar-refractivity contribution in [1.82, 2.24) is 9.80 Å². The molecule has 94 valence electrons. The van der Waals surface area contributed by atoms with Crippen molar-refractivity contribution in [1.29, 1.82) is 0 Å². The van der Waals surface area contributed by atoms with Gasteiger partial charge in [-0.2, -0.15) is 0 Å². The van der Waals surface area contributed by atoms with Gasteiger partial charge < -0.3 is 5.11 Å². The lowest BCUT2D eigenvalue weighted by Crippen LogP contribution is -2.54. The molecule has 0 bridgehead atoms. The van der Waals surface area contributed by atoms with Crippen LogP contribution in [0.5, 0.6) is 0 Å². The van der Waals surface area contributed by atoms with Crippen LogP contribution in [0.25, 0.3) is 0 Å². The minimum absolute atomic E-state index is 0.194. The molecule has 0 amide bonds. The van der Waals surface area contributed by atoms with E-state index in [0.29, 0.717) is 6.54 Å². The number of halogens is 1. The molecule has 1 N–H and O–H groups in total. The fourth-order valence-electron chi connectivity index (χ4n) is 1.91. The predicted octanol–water partition coefficient (Wildman–Crippen LogP) is 1.09. The standard InChI is InChI=1S/C11H21ClN2O2/c1-11(2,3)14-6-4-13(5-7-14)8-9(12)10(15)16/h9H,4-8H2,1-3H3,(H,15,16). The maximum Gasteiger partial charge on any atom is 0.322 e. The molecule has 1 unspecified atom stereocenters. The molecule has 1 heterocycles. The molecule has 1 fully saturated rings. The lowest BCUT2D eigenvalue weighted by Gasteiger charge is -2.42. The monoisotopic (exact) mass is 248 g/mol. The maximum absolute atomic E-state index is 10.6. The van der Waals surface area contributed by atoms with Gasteiger partial charge in [0, 0.05) is 38.3 Å². The number of aliphatic carboxylic acids is 1. The van der Waals surface area contributed by atoms with Crippen LogP contribution >= 0.6 is 11.6 Å². The van der Waals surface area contributed by atoms with Crippen molar-refractivity contribution < 1.29 is 9.90 Å². The lowest BCUT2D eigenvalue weighted by atomic mass is 10.0. The van der Waals surface area contributed by atoms with Gasteiger partial charge in [0.2, 0.25) is 0 Å². The van der Waals surface area contributed by atoms with E-state index in [1.165, 1.54) is 0 Å². The van der Waals surface area contributed by atoms with Gasteiger partial charge in [-0.25, -0.2) is 0 Å². The molecule has 0 aromatic rings. The summed E-state index contributed by atoms with van der Waals surface area (Å²) in [6.07, 6.45) is 0. The third-order valence-corrected chi connectivity index (χ3v) is 3.33. The number of carboxylic acid groups (broad SMARTS) is 1. The average molecular weight is 249 g/mol. The molecule has 1 aliphatic heterocycles. The Labute approximate surface area is 102 Å². The molecule has 16 heavy (non-hydrogen) atoms. The van der Waals surface area contributed by atoms with Gasteiger partial charge in [-0.1, -0.05) is 0 Å². The highest BCUT2D eigenvalue weighted by Crippen LogP contribution is 2.16. The van der Waals surface area contributed by atoms with Crippen LogP contribution in [0, 0.1) is 0 Å². The Hall–Kier alpha value is -0.320. The summed E-state index contributed by atoms with van der Waals surface area (Å²) in [6.45, 7) is 10.8. The molecule has 0 radical (unpaired) electrons. The molecule has 0 aliphatic carbocycles. The van der Waals surface area contributed by atoms with Gasteiger partial charge in [0.1, 0.15) is 5.38 Å². The first-order chi connectivity index (χ1) is 7.30. The quantitative estimate of drug-likeness (QED) is 0.760. The molecule has 1 aliphatic rings. The minimum atomic E-state index is -0.931. The first kappa shape index (κ1) is 13.7. The van der Waals surface area contributed by atoms with E-state index in [0.717, 1.165) is 26.2 Å². The zero-order valence-electron chi connectivity index (χ0n) is 10.2. The zero-order valence-corrected chi connectivity index (χ0v) is 11.0. The smallest absolute Gasteiger partial charge is 0.322 e. The van der Waals surface area contributed by atoms with E-state index in [1.807, 2.05) is 0 Å². The molecular formula is C11H21ClN2O2. The summed E-state index contributed by atoms with van der Waals surface area (Å²) in [5, 5.41) is 7.93. The van der Waals surface area contributed by atoms with Crippen molar-refractivity contribution in [3.63, 3.8) is 0 Å². The second-order valence-electron chi connectivity index (χ2n) is 5.26. The fourth-order valence-corrected chi connectivity index (χ4v) is 2.10. The molecule has 1 saturated heterocycles. The number of carboxylic acids is 1. The van der Waals surface area contributed by atoms with E-state index in [2.05, 4.69) is 30.6 Å². The van der Waals surface area contributed by atoms with Crippen LogP contribution in [-0.2, 0) is 4.79 Å². The first-order valence-electron chi connectivity index (χ1n) is 5.65. The highest BCUT2D eigenvalue weighted by atomic mass is 35.5. The van der Waals surface area contributed by atoms with E-state index in [4.69, 9.17) is 16.7 Å². The van der Waals surface area contributed by atoms with Gasteiger partial charge >= 0.3 is 5.97 Å². The fraction of sp³-hybridized carbons (Fsp3) is 0.909. The third-order valence-electron chi connectivity index (χ3n) is 3.01. The van der Waals surface area contributed by atoms with Gasteiger partial charge in [-0.15, -0.1) is 11.6 Å². The zero-order chi connectivity index (χ0) is 12.3. The Morgan fingerprint density at radius 1 is 1.31 bits per heavy atom. The lowest BCUT2D eigenvalue weighted by molar-refractivity contribution is -0.137. The summed E-state index contributed by atoms with van der Waals surface area (Å²) < 4.78 is 0. The number of hydrogen-bond donors (Lipinski definition) is 1. The van der Waals surface area contributed by atoms with E-state index in [-0.39, 0.29) is 5.54 Å². The van der Waals surface area contributed by atoms with Crippen LogP contribution in [0.4, 0.5) is 0 Å². The van der Waals surface area contributed by atoms with Crippen LogP contribution in [0.2, 0.25) is 0 Å². The second kappa shape index (κ2) is 5.34. The van der Waals surface area contributed by atoms with Crippen molar-refractivity contribution in [2.75, 3.05) is 32.7 Å². The number of nitrogens with zero attached hydrogens (tertiary/aromatic N) is 2. The summed E-state index contributed by atoms with van der Waals surface area (Å²) in [7, 11) is 0. The van der Waals surface area contributed by atoms with Crippen molar-refractivity contribution in [3.8, 4) is 0 Å². The van der Waals surface area contributed by atoms with Gasteiger partial charge in [-0.05, 0) is 20.8 Å². The number of alkyl halides is 1. The van der Waals surface area contributed by atoms with Crippen molar-refractivity contribution in [2.45, 2.75) is 31.7 Å². The molecule has 0 aromatic carbocycles. The molecule has 5 heteroatoms. The van der Waals surface area contributed by atoms with E-state index in [9.17, 15) is 4.79 Å². The van der Waals surface area contributed by atoms with Gasteiger partial charge in [-0.3, -0.25) is 14.6 Å². The van der Waals surface area contributed by atoms with Crippen LogP contribution in [0.1, 0.15) is 20.8 Å². The Morgan fingerprint density at radius 2 is 1.81 bits per heavy atom. The summed E-state index contributed by atoms with van der Waals surface area (Å²) in [6, 6.07) is 0. The van der Waals surface area contributed by atoms with Gasteiger partial charge in [0.05, 0.1) is 0 Å². The maximum atomic E-state index is 10.6. The van der Waals surface area contributed by atoms with E-state index in [1.54, 1.807) is 0 Å². The van der Waals surface area contributed by atoms with Crippen molar-refractivity contribution in [3.05, 3.63) is 0 Å². The number of hydrogen-bond acceptors (Lipinski definition) is 3. The Bertz CT molecular complexity index is 245. The normalized spacial score (nSPS) is 22.0. The molecular weight excluding hydrogens is 228 g/mol. The summed E-state index contributed by atoms with van der Waals surface area (Å²) in [4.78, 5) is 15.2. The second-order valence-corrected chi connectivity index (χ2v) is 5.79. The minimum Gasteiger partial charge on any atom is -0.480 e. The third kappa shape index (κ3) is 3.92. The van der Waals surface area contributed by atoms with Crippen LogP contribution in [0.15, 0.2) is 0 Å². The largest absolute Gasteiger partial charge is 0.480 e. The molecule has 0 aromatic heterocycles. The van der Waals surface area contributed by atoms with Crippen molar-refractivity contribution in [2.24, 2.45) is 0 Å². The number of rotatable bonds is 3. The molecule has 0 spiro atoms. The summed E-state index contributed by atoms with van der Waals surface area (Å²) >= 11 is 5.72. The average Bonchev–Trinajstić information content (AvgIpc) is 2.17. The molecule has 1 atom stereocenters. The number of carbonyl (C=O) groups is 1. The van der Waals surface area contributed by atoms with Crippen molar-refractivity contribution >= 4 is 17.6 Å². The SMILES string of the molecule is CC(C)(C)N1CCN(CC(Cl)C(=O)O)CC1. The first-order valence-corrected chi connectivity index (χ1v) is 6.08. The molecule has 0 saturated carbocycles. The topological polar surface area (TPSA) is 43.8 Å². The van der Waals surface area contributed by atoms with Gasteiger partial charge in [0.15, 0.2) is 0 Å². The predicted molar refractivity (Wildman–Crippen MR) is 65.0 cm³/mol. The number of piperazine rings is 1.